The third kappa shape index (κ3) is 1.26. The van der Waals surface area contributed by atoms with Gasteiger partial charge in [0, 0.05) is 18.4 Å². The minimum Gasteiger partial charge on any atom is -0.365 e. The Bertz CT molecular complexity index is 348. The van der Waals surface area contributed by atoms with Crippen LogP contribution < -0.4 is 0 Å². The van der Waals surface area contributed by atoms with Crippen molar-refractivity contribution in [1.82, 2.24) is 0 Å². The molecule has 2 saturated heterocycles. The lowest BCUT2D eigenvalue weighted by Crippen LogP contribution is -2.61. The molecule has 2 aliphatic heterocycles. The summed E-state index contributed by atoms with van der Waals surface area (Å²) in [6.45, 7) is 5.24. The van der Waals surface area contributed by atoms with Crippen LogP contribution in [0.1, 0.15) is 52.4 Å². The van der Waals surface area contributed by atoms with Gasteiger partial charge in [-0.3, -0.25) is 0 Å². The van der Waals surface area contributed by atoms with Gasteiger partial charge in [0.25, 0.3) is 0 Å². The van der Waals surface area contributed by atoms with Crippen molar-refractivity contribution in [2.24, 2.45) is 11.3 Å². The summed E-state index contributed by atoms with van der Waals surface area (Å²) in [5.74, 6) is 0.729. The van der Waals surface area contributed by atoms with Crippen LogP contribution in [0.5, 0.6) is 0 Å². The van der Waals surface area contributed by atoms with E-state index < -0.39 is 0 Å². The quantitative estimate of drug-likeness (QED) is 0.708. The Morgan fingerprint density at radius 1 is 1.22 bits per heavy atom. The molecule has 2 saturated carbocycles. The number of epoxide rings is 1. The Morgan fingerprint density at radius 2 is 2.11 bits per heavy atom. The molecule has 4 aliphatic rings. The molecular weight excluding hydrogens is 228 g/mol. The van der Waals surface area contributed by atoms with E-state index in [0.29, 0.717) is 12.2 Å². The summed E-state index contributed by atoms with van der Waals surface area (Å²) < 4.78 is 18.2. The van der Waals surface area contributed by atoms with Gasteiger partial charge >= 0.3 is 0 Å². The maximum atomic E-state index is 6.26. The lowest BCUT2D eigenvalue weighted by Gasteiger charge is -2.57. The third-order valence-electron chi connectivity index (χ3n) is 6.18. The Kier molecular flexibility index (Phi) is 2.41. The van der Waals surface area contributed by atoms with Gasteiger partial charge in [-0.15, -0.1) is 0 Å². The van der Waals surface area contributed by atoms with Crippen molar-refractivity contribution in [3.8, 4) is 0 Å². The van der Waals surface area contributed by atoms with E-state index in [1.54, 1.807) is 0 Å². The molecule has 4 fully saturated rings. The second-order valence-corrected chi connectivity index (χ2v) is 6.69. The minimum absolute atomic E-state index is 0.0310. The maximum Gasteiger partial charge on any atom is 0.158 e. The van der Waals surface area contributed by atoms with Crippen LogP contribution in [0.4, 0.5) is 0 Å². The van der Waals surface area contributed by atoms with E-state index in [0.717, 1.165) is 18.9 Å². The lowest BCUT2D eigenvalue weighted by atomic mass is 9.52. The SMILES string of the molecule is CCO[C@@H]1C[C@H]2CC[C@H]3O[C@]34CCC[C@@H](O1)[C@@]24C. The predicted molar refractivity (Wildman–Crippen MR) is 67.2 cm³/mol. The van der Waals surface area contributed by atoms with Gasteiger partial charge in [0.05, 0.1) is 12.2 Å². The van der Waals surface area contributed by atoms with E-state index in [4.69, 9.17) is 14.2 Å². The monoisotopic (exact) mass is 252 g/mol. The first kappa shape index (κ1) is 11.7. The van der Waals surface area contributed by atoms with Crippen LogP contribution in [-0.4, -0.2) is 30.7 Å². The molecule has 0 bridgehead atoms. The summed E-state index contributed by atoms with van der Waals surface area (Å²) in [6, 6.07) is 0. The first-order chi connectivity index (χ1) is 8.70. The Labute approximate surface area is 109 Å². The summed E-state index contributed by atoms with van der Waals surface area (Å²) in [4.78, 5) is 0. The molecular formula is C15H24O3. The molecule has 102 valence electrons. The average Bonchev–Trinajstić information content (AvgIpc) is 3.05. The van der Waals surface area contributed by atoms with Gasteiger partial charge in [-0.25, -0.2) is 0 Å². The molecule has 4 rings (SSSR count). The van der Waals surface area contributed by atoms with E-state index >= 15 is 0 Å². The van der Waals surface area contributed by atoms with Crippen LogP contribution in [0.25, 0.3) is 0 Å². The minimum atomic E-state index is 0.0310. The summed E-state index contributed by atoms with van der Waals surface area (Å²) >= 11 is 0. The van der Waals surface area contributed by atoms with Gasteiger partial charge in [0.1, 0.15) is 5.60 Å². The van der Waals surface area contributed by atoms with Gasteiger partial charge in [0.2, 0.25) is 0 Å². The average molecular weight is 252 g/mol. The van der Waals surface area contributed by atoms with E-state index in [1.807, 2.05) is 0 Å². The fourth-order valence-electron chi connectivity index (χ4n) is 5.19. The highest BCUT2D eigenvalue weighted by Gasteiger charge is 2.75. The second-order valence-electron chi connectivity index (χ2n) is 6.69. The van der Waals surface area contributed by atoms with Gasteiger partial charge in [0.15, 0.2) is 6.29 Å². The first-order valence-electron chi connectivity index (χ1n) is 7.65. The second kappa shape index (κ2) is 3.71. The molecule has 1 spiro atoms. The van der Waals surface area contributed by atoms with Crippen molar-refractivity contribution < 1.29 is 14.2 Å². The van der Waals surface area contributed by atoms with Crippen molar-refractivity contribution in [1.29, 1.82) is 0 Å². The molecule has 3 nitrogen and oxygen atoms in total. The lowest BCUT2D eigenvalue weighted by molar-refractivity contribution is -0.273. The zero-order valence-electron chi connectivity index (χ0n) is 11.5. The molecule has 0 amide bonds. The molecule has 2 aliphatic carbocycles. The molecule has 0 aromatic carbocycles. The first-order valence-corrected chi connectivity index (χ1v) is 7.65. The molecule has 0 N–H and O–H groups in total. The van der Waals surface area contributed by atoms with Gasteiger partial charge < -0.3 is 14.2 Å². The van der Waals surface area contributed by atoms with E-state index in [9.17, 15) is 0 Å². The molecule has 3 heteroatoms. The maximum absolute atomic E-state index is 6.26. The largest absolute Gasteiger partial charge is 0.365 e. The van der Waals surface area contributed by atoms with Gasteiger partial charge in [-0.2, -0.15) is 0 Å². The Hall–Kier alpha value is -0.120. The molecule has 2 heterocycles. The van der Waals surface area contributed by atoms with Crippen LogP contribution in [-0.2, 0) is 14.2 Å². The Balaban J connectivity index is 1.66. The number of ether oxygens (including phenoxy) is 3. The molecule has 0 unspecified atom stereocenters. The van der Waals surface area contributed by atoms with Crippen LogP contribution >= 0.6 is 0 Å². The van der Waals surface area contributed by atoms with E-state index in [-0.39, 0.29) is 17.3 Å². The summed E-state index contributed by atoms with van der Waals surface area (Å²) in [6.07, 6.45) is 8.24. The number of hydrogen-bond donors (Lipinski definition) is 0. The zero-order chi connectivity index (χ0) is 12.4. The van der Waals surface area contributed by atoms with Crippen molar-refractivity contribution in [3.05, 3.63) is 0 Å². The molecule has 18 heavy (non-hydrogen) atoms. The summed E-state index contributed by atoms with van der Waals surface area (Å²) in [7, 11) is 0. The highest BCUT2D eigenvalue weighted by molar-refractivity contribution is 5.22. The third-order valence-corrected chi connectivity index (χ3v) is 6.18. The van der Waals surface area contributed by atoms with Crippen LogP contribution in [0.15, 0.2) is 0 Å². The zero-order valence-corrected chi connectivity index (χ0v) is 11.5. The van der Waals surface area contributed by atoms with Gasteiger partial charge in [-0.1, -0.05) is 6.92 Å². The van der Waals surface area contributed by atoms with Crippen molar-refractivity contribution in [3.63, 3.8) is 0 Å². The topological polar surface area (TPSA) is 31.0 Å². The normalized spacial score (nSPS) is 57.7. The predicted octanol–water partition coefficient (Wildman–Crippen LogP) is 2.88. The van der Waals surface area contributed by atoms with E-state index in [2.05, 4.69) is 13.8 Å². The van der Waals surface area contributed by atoms with Crippen LogP contribution in [0.2, 0.25) is 0 Å². The highest BCUT2D eigenvalue weighted by Crippen LogP contribution is 2.69. The molecule has 0 radical (unpaired) electrons. The van der Waals surface area contributed by atoms with Crippen molar-refractivity contribution in [2.45, 2.75) is 76.5 Å². The van der Waals surface area contributed by atoms with Crippen LogP contribution in [0.3, 0.4) is 0 Å². The van der Waals surface area contributed by atoms with E-state index in [1.165, 1.54) is 32.1 Å². The van der Waals surface area contributed by atoms with Crippen molar-refractivity contribution >= 4 is 0 Å². The smallest absolute Gasteiger partial charge is 0.158 e. The highest BCUT2D eigenvalue weighted by atomic mass is 16.7. The number of rotatable bonds is 2. The molecule has 6 atom stereocenters. The molecule has 0 aromatic heterocycles. The summed E-state index contributed by atoms with van der Waals surface area (Å²) in [5, 5.41) is 0. The fraction of sp³-hybridized carbons (Fsp3) is 1.00. The standard InChI is InChI=1S/C15H24O3/c1-3-16-13-9-10-6-7-12-15(18-12)8-4-5-11(17-13)14(10,15)2/h10-13H,3-9H2,1-2H3/t10-,11-,12-,13+,14-,15-/m1/s1. The Morgan fingerprint density at radius 3 is 2.94 bits per heavy atom. The van der Waals surface area contributed by atoms with Crippen molar-refractivity contribution in [2.75, 3.05) is 6.61 Å². The van der Waals surface area contributed by atoms with Gasteiger partial charge in [-0.05, 0) is 44.9 Å². The summed E-state index contributed by atoms with van der Waals surface area (Å²) in [5.41, 5.74) is 0.428. The molecule has 0 aromatic rings. The number of hydrogen-bond acceptors (Lipinski definition) is 3. The van der Waals surface area contributed by atoms with Crippen LogP contribution in [0, 0.1) is 11.3 Å². The fourth-order valence-corrected chi connectivity index (χ4v) is 5.19.